The van der Waals surface area contributed by atoms with Crippen molar-refractivity contribution in [1.82, 2.24) is 0 Å². The molecule has 0 aliphatic heterocycles. The zero-order chi connectivity index (χ0) is 14.9. The fourth-order valence-electron chi connectivity index (χ4n) is 2.24. The molecule has 106 valence electrons. The minimum absolute atomic E-state index is 0.137. The summed E-state index contributed by atoms with van der Waals surface area (Å²) in [5.74, 6) is 0.137. The van der Waals surface area contributed by atoms with Crippen molar-refractivity contribution >= 4 is 6.21 Å². The summed E-state index contributed by atoms with van der Waals surface area (Å²) in [5.41, 5.74) is 4.86. The van der Waals surface area contributed by atoms with Crippen molar-refractivity contribution in [1.29, 1.82) is 0 Å². The lowest BCUT2D eigenvalue weighted by Crippen LogP contribution is -2.15. The van der Waals surface area contributed by atoms with Gasteiger partial charge in [0.25, 0.3) is 0 Å². The maximum Gasteiger partial charge on any atom is 0.181 e. The van der Waals surface area contributed by atoms with Gasteiger partial charge in [-0.3, -0.25) is 0 Å². The molecule has 0 aliphatic rings. The minimum atomic E-state index is 0.137. The summed E-state index contributed by atoms with van der Waals surface area (Å²) in [7, 11) is 0. The van der Waals surface area contributed by atoms with E-state index in [4.69, 9.17) is 0 Å². The minimum Gasteiger partial charge on any atom is -0.624 e. The van der Waals surface area contributed by atoms with E-state index >= 15 is 0 Å². The first-order valence-electron chi connectivity index (χ1n) is 7.02. The van der Waals surface area contributed by atoms with Crippen LogP contribution in [0.5, 0.6) is 0 Å². The second-order valence-corrected chi connectivity index (χ2v) is 4.89. The summed E-state index contributed by atoms with van der Waals surface area (Å²) in [4.78, 5) is 0. The average molecular weight is 277 g/mol. The van der Waals surface area contributed by atoms with Gasteiger partial charge in [-0.1, -0.05) is 55.1 Å². The molecule has 21 heavy (non-hydrogen) atoms. The normalized spacial score (nSPS) is 12.5. The van der Waals surface area contributed by atoms with Crippen LogP contribution in [0.25, 0.3) is 0 Å². The lowest BCUT2D eigenvalue weighted by atomic mass is 9.96. The number of nitrogens with zero attached hydrogens (tertiary/aromatic N) is 1. The van der Waals surface area contributed by atoms with Crippen molar-refractivity contribution in [3.8, 4) is 0 Å². The van der Waals surface area contributed by atoms with Crippen LogP contribution in [0.4, 0.5) is 0 Å². The molecule has 0 bridgehead atoms. The molecule has 2 nitrogen and oxygen atoms in total. The first-order chi connectivity index (χ1) is 10.3. The van der Waals surface area contributed by atoms with E-state index in [0.29, 0.717) is 6.54 Å². The molecule has 0 N–H and O–H groups in total. The maximum absolute atomic E-state index is 12.2. The Morgan fingerprint density at radius 1 is 1.05 bits per heavy atom. The largest absolute Gasteiger partial charge is 0.624 e. The van der Waals surface area contributed by atoms with Crippen LogP contribution in [0.15, 0.2) is 79.0 Å². The molecule has 0 fully saturated rings. The van der Waals surface area contributed by atoms with Crippen LogP contribution in [0.3, 0.4) is 0 Å². The third-order valence-electron chi connectivity index (χ3n) is 3.31. The zero-order valence-electron chi connectivity index (χ0n) is 12.0. The topological polar surface area (TPSA) is 26.1 Å². The molecule has 1 unspecified atom stereocenters. The molecule has 0 radical (unpaired) electrons. The van der Waals surface area contributed by atoms with E-state index in [1.807, 2.05) is 54.6 Å². The molecule has 2 heteroatoms. The maximum atomic E-state index is 12.2. The molecule has 1 atom stereocenters. The van der Waals surface area contributed by atoms with Gasteiger partial charge >= 0.3 is 0 Å². The van der Waals surface area contributed by atoms with Crippen molar-refractivity contribution in [3.63, 3.8) is 0 Å². The SMILES string of the molecule is C=C=CCC(C/[N+]([O-])=C/c1ccccc1)c1ccccc1. The molecular weight excluding hydrogens is 258 g/mol. The Bertz CT molecular complexity index is 625. The lowest BCUT2D eigenvalue weighted by molar-refractivity contribution is -0.456. The smallest absolute Gasteiger partial charge is 0.181 e. The van der Waals surface area contributed by atoms with Gasteiger partial charge in [-0.25, -0.2) is 4.74 Å². The van der Waals surface area contributed by atoms with Gasteiger partial charge < -0.3 is 5.21 Å². The second kappa shape index (κ2) is 7.88. The van der Waals surface area contributed by atoms with Gasteiger partial charge in [0, 0.05) is 11.5 Å². The molecule has 0 aliphatic carbocycles. The third kappa shape index (κ3) is 4.79. The van der Waals surface area contributed by atoms with Crippen molar-refractivity contribution in [2.24, 2.45) is 0 Å². The van der Waals surface area contributed by atoms with Crippen molar-refractivity contribution in [2.45, 2.75) is 12.3 Å². The van der Waals surface area contributed by atoms with Gasteiger partial charge in [0.2, 0.25) is 0 Å². The monoisotopic (exact) mass is 277 g/mol. The number of hydrogen-bond acceptors (Lipinski definition) is 1. The molecule has 2 rings (SSSR count). The number of allylic oxidation sites excluding steroid dienone is 1. The van der Waals surface area contributed by atoms with Crippen LogP contribution < -0.4 is 0 Å². The Morgan fingerprint density at radius 2 is 1.67 bits per heavy atom. The van der Waals surface area contributed by atoms with E-state index in [9.17, 15) is 5.21 Å². The Hall–Kier alpha value is -2.57. The zero-order valence-corrected chi connectivity index (χ0v) is 12.0. The summed E-state index contributed by atoms with van der Waals surface area (Å²) in [6.07, 6.45) is 4.27. The molecule has 2 aromatic carbocycles. The van der Waals surface area contributed by atoms with E-state index < -0.39 is 0 Å². The number of hydroxylamine groups is 1. The lowest BCUT2D eigenvalue weighted by Gasteiger charge is -2.15. The fraction of sp³-hybridized carbons (Fsp3) is 0.158. The summed E-state index contributed by atoms with van der Waals surface area (Å²) in [6, 6.07) is 19.7. The molecule has 0 saturated carbocycles. The molecule has 0 saturated heterocycles. The molecular formula is C19H19NO. The molecule has 2 aromatic rings. The summed E-state index contributed by atoms with van der Waals surface area (Å²) >= 11 is 0. The Kier molecular flexibility index (Phi) is 5.57. The number of benzene rings is 2. The van der Waals surface area contributed by atoms with E-state index in [1.165, 1.54) is 0 Å². The van der Waals surface area contributed by atoms with Crippen molar-refractivity contribution in [2.75, 3.05) is 6.54 Å². The first-order valence-corrected chi connectivity index (χ1v) is 7.02. The van der Waals surface area contributed by atoms with Crippen LogP contribution in [-0.2, 0) is 0 Å². The highest BCUT2D eigenvalue weighted by Gasteiger charge is 2.14. The van der Waals surface area contributed by atoms with Crippen LogP contribution in [-0.4, -0.2) is 17.5 Å². The predicted molar refractivity (Wildman–Crippen MR) is 87.6 cm³/mol. The van der Waals surface area contributed by atoms with Crippen LogP contribution in [0.1, 0.15) is 23.5 Å². The van der Waals surface area contributed by atoms with Gasteiger partial charge in [0.15, 0.2) is 12.8 Å². The predicted octanol–water partition coefficient (Wildman–Crippen LogP) is 4.13. The van der Waals surface area contributed by atoms with E-state index in [2.05, 4.69) is 24.4 Å². The van der Waals surface area contributed by atoms with Crippen molar-refractivity contribution in [3.05, 3.63) is 95.4 Å². The van der Waals surface area contributed by atoms with Gasteiger partial charge in [-0.15, -0.1) is 5.73 Å². The summed E-state index contributed by atoms with van der Waals surface area (Å²) in [5, 5.41) is 12.2. The molecule has 0 aromatic heterocycles. The third-order valence-corrected chi connectivity index (χ3v) is 3.31. The van der Waals surface area contributed by atoms with Gasteiger partial charge in [-0.05, 0) is 30.2 Å². The highest BCUT2D eigenvalue weighted by atomic mass is 16.5. The van der Waals surface area contributed by atoms with Gasteiger partial charge in [0.05, 0.1) is 0 Å². The molecule has 0 amide bonds. The average Bonchev–Trinajstić information content (AvgIpc) is 2.53. The fourth-order valence-corrected chi connectivity index (χ4v) is 2.24. The van der Waals surface area contributed by atoms with Gasteiger partial charge in [-0.2, -0.15) is 0 Å². The van der Waals surface area contributed by atoms with E-state index in [-0.39, 0.29) is 5.92 Å². The van der Waals surface area contributed by atoms with Crippen LogP contribution in [0, 0.1) is 5.21 Å². The summed E-state index contributed by atoms with van der Waals surface area (Å²) in [6.45, 7) is 4.01. The van der Waals surface area contributed by atoms with Crippen molar-refractivity contribution < 1.29 is 4.74 Å². The van der Waals surface area contributed by atoms with Crippen LogP contribution >= 0.6 is 0 Å². The standard InChI is InChI=1S/C19H19NO/c1-2-3-12-19(18-13-8-5-9-14-18)16-20(21)15-17-10-6-4-7-11-17/h3-11,13-15,19H,1,12,16H2/b20-15-. The first kappa shape index (κ1) is 14.8. The highest BCUT2D eigenvalue weighted by Crippen LogP contribution is 2.20. The van der Waals surface area contributed by atoms with Gasteiger partial charge in [0.1, 0.15) is 0 Å². The number of rotatable bonds is 6. The Labute approximate surface area is 126 Å². The summed E-state index contributed by atoms with van der Waals surface area (Å²) < 4.78 is 1.00. The number of hydrogen-bond donors (Lipinski definition) is 0. The van der Waals surface area contributed by atoms with Crippen LogP contribution in [0.2, 0.25) is 0 Å². The van der Waals surface area contributed by atoms with E-state index in [0.717, 1.165) is 22.3 Å². The molecule has 0 heterocycles. The molecule has 0 spiro atoms. The Balaban J connectivity index is 2.15. The quantitative estimate of drug-likeness (QED) is 0.256. The second-order valence-electron chi connectivity index (χ2n) is 4.89. The Morgan fingerprint density at radius 3 is 2.29 bits per heavy atom. The highest BCUT2D eigenvalue weighted by molar-refractivity contribution is 5.75. The van der Waals surface area contributed by atoms with E-state index in [1.54, 1.807) is 6.21 Å².